The lowest BCUT2D eigenvalue weighted by Gasteiger charge is -2.36. The number of carbonyl (C=O) groups excluding carboxylic acids is 1. The zero-order chi connectivity index (χ0) is 24.7. The standard InChI is InChI=1S/C22H22F3N7O2/c1-21(2,34)18(23)11-29-20(33)14-9-27-16(4-15(14)31-13-5-22(24,25)6-13)17-10-28-19-3-12(7-26)8-30-32(17)19/h3-4,8-10,13,18,34H,5-6,11H2,1-2H3,(H,27,31)(H,29,33). The number of aliphatic hydroxyl groups is 1. The van der Waals surface area contributed by atoms with Gasteiger partial charge >= 0.3 is 0 Å². The van der Waals surface area contributed by atoms with Gasteiger partial charge in [0.15, 0.2) is 5.65 Å². The number of halogens is 3. The maximum atomic E-state index is 14.1. The molecule has 9 nitrogen and oxygen atoms in total. The van der Waals surface area contributed by atoms with Gasteiger partial charge in [0.1, 0.15) is 17.9 Å². The zero-order valence-corrected chi connectivity index (χ0v) is 18.4. The molecule has 3 aromatic heterocycles. The number of hydrogen-bond donors (Lipinski definition) is 3. The van der Waals surface area contributed by atoms with Crippen molar-refractivity contribution in [3.8, 4) is 17.5 Å². The van der Waals surface area contributed by atoms with Gasteiger partial charge in [0.2, 0.25) is 0 Å². The Hall–Kier alpha value is -3.72. The van der Waals surface area contributed by atoms with E-state index in [0.29, 0.717) is 22.6 Å². The van der Waals surface area contributed by atoms with Gasteiger partial charge in [0, 0.05) is 31.1 Å². The van der Waals surface area contributed by atoms with Gasteiger partial charge in [-0.1, -0.05) is 0 Å². The highest BCUT2D eigenvalue weighted by Crippen LogP contribution is 2.39. The second kappa shape index (κ2) is 8.57. The summed E-state index contributed by atoms with van der Waals surface area (Å²) in [7, 11) is 0. The fraction of sp³-hybridized carbons (Fsp3) is 0.409. The number of nitriles is 1. The normalized spacial score (nSPS) is 16.5. The Kier molecular flexibility index (Phi) is 5.91. The smallest absolute Gasteiger partial charge is 0.255 e. The van der Waals surface area contributed by atoms with E-state index < -0.39 is 36.2 Å². The Morgan fingerprint density at radius 1 is 1.32 bits per heavy atom. The lowest BCUT2D eigenvalue weighted by atomic mass is 9.88. The van der Waals surface area contributed by atoms with Crippen molar-refractivity contribution in [3.05, 3.63) is 41.9 Å². The van der Waals surface area contributed by atoms with Crippen molar-refractivity contribution in [1.29, 1.82) is 5.26 Å². The van der Waals surface area contributed by atoms with Crippen molar-refractivity contribution in [3.63, 3.8) is 0 Å². The van der Waals surface area contributed by atoms with E-state index in [4.69, 9.17) is 5.26 Å². The number of fused-ring (bicyclic) bond motifs is 1. The van der Waals surface area contributed by atoms with Crippen molar-refractivity contribution in [2.45, 2.75) is 50.4 Å². The second-order valence-electron chi connectivity index (χ2n) is 8.82. The van der Waals surface area contributed by atoms with E-state index in [1.54, 1.807) is 6.07 Å². The summed E-state index contributed by atoms with van der Waals surface area (Å²) in [5.74, 6) is -3.44. The van der Waals surface area contributed by atoms with Gasteiger partial charge in [-0.25, -0.2) is 22.7 Å². The lowest BCUT2D eigenvalue weighted by Crippen LogP contribution is -2.45. The van der Waals surface area contributed by atoms with Crippen LogP contribution in [-0.2, 0) is 0 Å². The summed E-state index contributed by atoms with van der Waals surface area (Å²) < 4.78 is 42.3. The first-order valence-electron chi connectivity index (χ1n) is 10.5. The summed E-state index contributed by atoms with van der Waals surface area (Å²) in [4.78, 5) is 21.3. The molecule has 1 atom stereocenters. The molecule has 34 heavy (non-hydrogen) atoms. The van der Waals surface area contributed by atoms with Crippen molar-refractivity contribution in [2.75, 3.05) is 11.9 Å². The number of rotatable bonds is 7. The van der Waals surface area contributed by atoms with E-state index in [-0.39, 0.29) is 24.1 Å². The van der Waals surface area contributed by atoms with E-state index in [1.165, 1.54) is 43.0 Å². The number of nitrogens with one attached hydrogen (secondary N) is 2. The Morgan fingerprint density at radius 3 is 2.71 bits per heavy atom. The molecule has 0 spiro atoms. The Labute approximate surface area is 192 Å². The molecular formula is C22H22F3N7O2. The first-order chi connectivity index (χ1) is 16.0. The van der Waals surface area contributed by atoms with E-state index in [1.807, 2.05) is 6.07 Å². The van der Waals surface area contributed by atoms with Crippen LogP contribution in [0.15, 0.2) is 30.7 Å². The van der Waals surface area contributed by atoms with Crippen molar-refractivity contribution in [1.82, 2.24) is 24.9 Å². The molecule has 0 saturated heterocycles. The number of amides is 1. The van der Waals surface area contributed by atoms with Crippen molar-refractivity contribution < 1.29 is 23.1 Å². The van der Waals surface area contributed by atoms with Gasteiger partial charge in [0.25, 0.3) is 11.8 Å². The molecular weight excluding hydrogens is 451 g/mol. The highest BCUT2D eigenvalue weighted by atomic mass is 19.3. The predicted molar refractivity (Wildman–Crippen MR) is 116 cm³/mol. The third-order valence-electron chi connectivity index (χ3n) is 5.56. The van der Waals surface area contributed by atoms with Crippen molar-refractivity contribution >= 4 is 17.2 Å². The predicted octanol–water partition coefficient (Wildman–Crippen LogP) is 2.71. The first-order valence-corrected chi connectivity index (χ1v) is 10.5. The number of carbonyl (C=O) groups is 1. The third kappa shape index (κ3) is 4.79. The van der Waals surface area contributed by atoms with Gasteiger partial charge in [-0.3, -0.25) is 9.78 Å². The highest BCUT2D eigenvalue weighted by Gasteiger charge is 2.45. The molecule has 4 rings (SSSR count). The largest absolute Gasteiger partial charge is 0.387 e. The molecule has 3 N–H and O–H groups in total. The van der Waals surface area contributed by atoms with E-state index in [0.717, 1.165) is 0 Å². The molecule has 1 aliphatic rings. The monoisotopic (exact) mass is 473 g/mol. The summed E-state index contributed by atoms with van der Waals surface area (Å²) in [5.41, 5.74) is 0.186. The summed E-state index contributed by atoms with van der Waals surface area (Å²) in [6.45, 7) is 2.13. The third-order valence-corrected chi connectivity index (χ3v) is 5.56. The molecule has 178 valence electrons. The molecule has 12 heteroatoms. The summed E-state index contributed by atoms with van der Waals surface area (Å²) >= 11 is 0. The average molecular weight is 473 g/mol. The van der Waals surface area contributed by atoms with Crippen LogP contribution in [0.4, 0.5) is 18.9 Å². The zero-order valence-electron chi connectivity index (χ0n) is 18.4. The molecule has 0 aromatic carbocycles. The average Bonchev–Trinajstić information content (AvgIpc) is 3.18. The van der Waals surface area contributed by atoms with Crippen LogP contribution in [0.5, 0.6) is 0 Å². The Balaban J connectivity index is 1.65. The van der Waals surface area contributed by atoms with Gasteiger partial charge in [-0.15, -0.1) is 0 Å². The van der Waals surface area contributed by atoms with Crippen LogP contribution in [-0.4, -0.2) is 60.9 Å². The number of pyridine rings is 1. The molecule has 1 saturated carbocycles. The quantitative estimate of drug-likeness (QED) is 0.481. The summed E-state index contributed by atoms with van der Waals surface area (Å²) in [6, 6.07) is 4.48. The SMILES string of the molecule is CC(C)(O)C(F)CNC(=O)c1cnc(-c2cnc3cc(C#N)cnn23)cc1NC1CC(F)(F)C1. The van der Waals surface area contributed by atoms with Crippen LogP contribution in [0.2, 0.25) is 0 Å². The van der Waals surface area contributed by atoms with Crippen LogP contribution >= 0.6 is 0 Å². The van der Waals surface area contributed by atoms with Crippen molar-refractivity contribution in [2.24, 2.45) is 0 Å². The Bertz CT molecular complexity index is 1270. The summed E-state index contributed by atoms with van der Waals surface area (Å²) in [5, 5.41) is 28.3. The first kappa shape index (κ1) is 23.4. The fourth-order valence-electron chi connectivity index (χ4n) is 3.52. The molecule has 0 radical (unpaired) electrons. The van der Waals surface area contributed by atoms with Crippen LogP contribution in [0.1, 0.15) is 42.6 Å². The number of alkyl halides is 3. The molecule has 1 aliphatic carbocycles. The van der Waals surface area contributed by atoms with Gasteiger partial charge in [0.05, 0.1) is 47.0 Å². The molecule has 3 aromatic rings. The summed E-state index contributed by atoms with van der Waals surface area (Å²) in [6.07, 6.45) is 1.63. The highest BCUT2D eigenvalue weighted by molar-refractivity contribution is 6.00. The number of imidazole rings is 1. The minimum absolute atomic E-state index is 0.0375. The second-order valence-corrected chi connectivity index (χ2v) is 8.82. The van der Waals surface area contributed by atoms with Crippen LogP contribution in [0, 0.1) is 11.3 Å². The number of aromatic nitrogens is 4. The van der Waals surface area contributed by atoms with Gasteiger partial charge in [-0.05, 0) is 19.9 Å². The minimum atomic E-state index is -2.77. The molecule has 0 bridgehead atoms. The number of hydrogen-bond acceptors (Lipinski definition) is 7. The topological polar surface area (TPSA) is 128 Å². The minimum Gasteiger partial charge on any atom is -0.387 e. The van der Waals surface area contributed by atoms with E-state index in [9.17, 15) is 23.1 Å². The van der Waals surface area contributed by atoms with Gasteiger partial charge < -0.3 is 15.7 Å². The fourth-order valence-corrected chi connectivity index (χ4v) is 3.52. The van der Waals surface area contributed by atoms with Crippen LogP contribution in [0.3, 0.4) is 0 Å². The Morgan fingerprint density at radius 2 is 2.06 bits per heavy atom. The number of anilines is 1. The molecule has 3 heterocycles. The van der Waals surface area contributed by atoms with E-state index >= 15 is 0 Å². The van der Waals surface area contributed by atoms with Crippen LogP contribution in [0.25, 0.3) is 17.0 Å². The molecule has 1 fully saturated rings. The lowest BCUT2D eigenvalue weighted by molar-refractivity contribution is -0.0793. The maximum Gasteiger partial charge on any atom is 0.255 e. The molecule has 1 amide bonds. The maximum absolute atomic E-state index is 14.1. The van der Waals surface area contributed by atoms with Crippen LogP contribution < -0.4 is 10.6 Å². The number of nitrogens with zero attached hydrogens (tertiary/aromatic N) is 5. The van der Waals surface area contributed by atoms with E-state index in [2.05, 4.69) is 25.7 Å². The molecule has 1 unspecified atom stereocenters. The molecule has 0 aliphatic heterocycles. The van der Waals surface area contributed by atoms with Gasteiger partial charge in [-0.2, -0.15) is 10.4 Å².